The van der Waals surface area contributed by atoms with Crippen molar-refractivity contribution < 1.29 is 13.2 Å². The lowest BCUT2D eigenvalue weighted by molar-refractivity contribution is -0.151. The van der Waals surface area contributed by atoms with Gasteiger partial charge in [0, 0.05) is 43.4 Å². The number of hydrogen-bond donors (Lipinski definition) is 0. The maximum absolute atomic E-state index is 13.2. The van der Waals surface area contributed by atoms with Crippen molar-refractivity contribution >= 4 is 27.5 Å². The van der Waals surface area contributed by atoms with E-state index in [0.717, 1.165) is 31.5 Å². The number of likely N-dealkylation sites (tertiary alicyclic amines) is 1. The first-order valence-corrected chi connectivity index (χ1v) is 12.0. The number of rotatable bonds is 4. The lowest BCUT2D eigenvalue weighted by Crippen LogP contribution is -2.63. The zero-order valence-electron chi connectivity index (χ0n) is 17.3. The molecule has 7 nitrogen and oxygen atoms in total. The Morgan fingerprint density at radius 1 is 1.16 bits per heavy atom. The van der Waals surface area contributed by atoms with Gasteiger partial charge in [0.15, 0.2) is 0 Å². The van der Waals surface area contributed by atoms with E-state index < -0.39 is 10.0 Å². The van der Waals surface area contributed by atoms with E-state index in [-0.39, 0.29) is 22.3 Å². The van der Waals surface area contributed by atoms with Crippen LogP contribution in [0.4, 0.5) is 0 Å². The van der Waals surface area contributed by atoms with Crippen molar-refractivity contribution in [2.45, 2.75) is 37.6 Å². The van der Waals surface area contributed by atoms with E-state index in [1.54, 1.807) is 43.5 Å². The van der Waals surface area contributed by atoms with E-state index in [4.69, 9.17) is 11.6 Å². The van der Waals surface area contributed by atoms with Crippen molar-refractivity contribution in [2.75, 3.05) is 13.1 Å². The zero-order chi connectivity index (χ0) is 22.0. The highest BCUT2D eigenvalue weighted by atomic mass is 35.5. The Labute approximate surface area is 186 Å². The number of aromatic nitrogens is 3. The van der Waals surface area contributed by atoms with Crippen molar-refractivity contribution in [3.8, 4) is 11.3 Å². The second-order valence-corrected chi connectivity index (χ2v) is 11.1. The summed E-state index contributed by atoms with van der Waals surface area (Å²) in [5.74, 6) is 0.128. The van der Waals surface area contributed by atoms with E-state index in [1.807, 2.05) is 22.7 Å². The molecule has 0 radical (unpaired) electrons. The second-order valence-electron chi connectivity index (χ2n) is 8.80. The third-order valence-electron chi connectivity index (χ3n) is 6.44. The highest BCUT2D eigenvalue weighted by molar-refractivity contribution is 7.90. The molecule has 1 aliphatic carbocycles. The van der Waals surface area contributed by atoms with Crippen molar-refractivity contribution in [1.82, 2.24) is 18.7 Å². The number of carbonyl (C=O) groups is 1. The van der Waals surface area contributed by atoms with Gasteiger partial charge in [-0.05, 0) is 38.0 Å². The minimum atomic E-state index is -3.79. The monoisotopic (exact) mass is 458 g/mol. The Morgan fingerprint density at radius 2 is 1.84 bits per heavy atom. The minimum Gasteiger partial charge on any atom is -0.342 e. The van der Waals surface area contributed by atoms with Crippen molar-refractivity contribution in [3.63, 3.8) is 0 Å². The molecule has 2 fully saturated rings. The largest absolute Gasteiger partial charge is 0.342 e. The van der Waals surface area contributed by atoms with Gasteiger partial charge in [0.25, 0.3) is 10.0 Å². The first-order chi connectivity index (χ1) is 14.7. The molecular weight excluding hydrogens is 436 g/mol. The lowest BCUT2D eigenvalue weighted by atomic mass is 9.60. The Morgan fingerprint density at radius 3 is 2.48 bits per heavy atom. The first-order valence-electron chi connectivity index (χ1n) is 10.2. The van der Waals surface area contributed by atoms with Crippen molar-refractivity contribution in [3.05, 3.63) is 59.5 Å². The predicted molar refractivity (Wildman–Crippen MR) is 117 cm³/mol. The van der Waals surface area contributed by atoms with Crippen LogP contribution in [0.25, 0.3) is 11.3 Å². The number of aryl methyl sites for hydroxylation is 1. The van der Waals surface area contributed by atoms with Crippen LogP contribution in [0.3, 0.4) is 0 Å². The molecule has 2 aromatic heterocycles. The van der Waals surface area contributed by atoms with Gasteiger partial charge in [-0.15, -0.1) is 0 Å². The third kappa shape index (κ3) is 3.38. The quantitative estimate of drug-likeness (QED) is 0.596. The summed E-state index contributed by atoms with van der Waals surface area (Å²) < 4.78 is 29.6. The maximum Gasteiger partial charge on any atom is 0.268 e. The van der Waals surface area contributed by atoms with Crippen molar-refractivity contribution in [1.29, 1.82) is 0 Å². The number of hydrogen-bond acceptors (Lipinski definition) is 4. The van der Waals surface area contributed by atoms with Gasteiger partial charge < -0.3 is 4.90 Å². The van der Waals surface area contributed by atoms with E-state index in [1.165, 1.54) is 10.2 Å². The summed E-state index contributed by atoms with van der Waals surface area (Å²) in [4.78, 5) is 13.5. The van der Waals surface area contributed by atoms with Gasteiger partial charge in [-0.1, -0.05) is 29.3 Å². The van der Waals surface area contributed by atoms with Gasteiger partial charge in [-0.2, -0.15) is 5.10 Å². The smallest absolute Gasteiger partial charge is 0.268 e. The summed E-state index contributed by atoms with van der Waals surface area (Å²) in [5, 5.41) is 4.84. The molecule has 31 heavy (non-hydrogen) atoms. The Balaban J connectivity index is 1.39. The van der Waals surface area contributed by atoms with Gasteiger partial charge in [-0.25, -0.2) is 12.4 Å². The normalized spacial score (nSPS) is 18.1. The Bertz CT molecular complexity index is 1260. The number of amides is 1. The fraction of sp³-hybridized carbons (Fsp3) is 0.364. The third-order valence-corrected chi connectivity index (χ3v) is 8.33. The molecule has 0 atom stereocenters. The standard InChI is InChI=1S/C22H23ClN4O3S/c1-15-3-5-20(6-4-15)31(29,30)27-12-18(23)7-21(27)17-10-24-26(11-17)19-8-22(9-19)13-25(14-22)16(2)28/h3-7,10-12,19H,8-9,13-14H2,1-2H3. The summed E-state index contributed by atoms with van der Waals surface area (Å²) in [5.41, 5.74) is 2.39. The van der Waals surface area contributed by atoms with Crippen LogP contribution in [0.5, 0.6) is 0 Å². The van der Waals surface area contributed by atoms with Gasteiger partial charge in [0.05, 0.1) is 27.9 Å². The highest BCUT2D eigenvalue weighted by Gasteiger charge is 2.53. The van der Waals surface area contributed by atoms with E-state index >= 15 is 0 Å². The van der Waals surface area contributed by atoms with Crippen LogP contribution < -0.4 is 0 Å². The molecular formula is C22H23ClN4O3S. The molecule has 3 aromatic rings. The summed E-state index contributed by atoms with van der Waals surface area (Å²) in [7, 11) is -3.79. The lowest BCUT2D eigenvalue weighted by Gasteiger charge is -2.58. The second kappa shape index (κ2) is 6.97. The average Bonchev–Trinajstić information content (AvgIpc) is 3.26. The Hall–Kier alpha value is -2.58. The highest BCUT2D eigenvalue weighted by Crippen LogP contribution is 2.54. The van der Waals surface area contributed by atoms with Crippen LogP contribution >= 0.6 is 11.6 Å². The summed E-state index contributed by atoms with van der Waals surface area (Å²) in [6.45, 7) is 5.16. The molecule has 1 aromatic carbocycles. The van der Waals surface area contributed by atoms with Crippen LogP contribution in [-0.4, -0.2) is 46.1 Å². The molecule has 0 bridgehead atoms. The van der Waals surface area contributed by atoms with Gasteiger partial charge in [0.2, 0.25) is 5.91 Å². The fourth-order valence-electron chi connectivity index (χ4n) is 4.69. The molecule has 0 unspecified atom stereocenters. The van der Waals surface area contributed by atoms with E-state index in [2.05, 4.69) is 5.10 Å². The maximum atomic E-state index is 13.2. The van der Waals surface area contributed by atoms with Crippen LogP contribution in [0.15, 0.2) is 53.8 Å². The number of halogens is 1. The molecule has 1 saturated carbocycles. The number of carbonyl (C=O) groups excluding carboxylic acids is 1. The molecule has 9 heteroatoms. The topological polar surface area (TPSA) is 77.2 Å². The fourth-order valence-corrected chi connectivity index (χ4v) is 6.32. The van der Waals surface area contributed by atoms with Gasteiger partial charge in [0.1, 0.15) is 0 Å². The summed E-state index contributed by atoms with van der Waals surface area (Å²) in [6, 6.07) is 8.65. The van der Waals surface area contributed by atoms with E-state index in [9.17, 15) is 13.2 Å². The first kappa shape index (κ1) is 20.3. The molecule has 162 valence electrons. The summed E-state index contributed by atoms with van der Waals surface area (Å²) in [6.07, 6.45) is 6.93. The molecule has 5 rings (SSSR count). The molecule has 1 aliphatic heterocycles. The van der Waals surface area contributed by atoms with Crippen LogP contribution in [-0.2, 0) is 14.8 Å². The van der Waals surface area contributed by atoms with Crippen LogP contribution in [0.1, 0.15) is 31.4 Å². The molecule has 1 spiro atoms. The average molecular weight is 459 g/mol. The molecule has 1 saturated heterocycles. The number of nitrogens with zero attached hydrogens (tertiary/aromatic N) is 4. The molecule has 0 N–H and O–H groups in total. The van der Waals surface area contributed by atoms with Gasteiger partial charge >= 0.3 is 0 Å². The SMILES string of the molecule is CC(=O)N1CC2(CC(n3cc(-c4cc(Cl)cn4S(=O)(=O)c4ccc(C)cc4)cn3)C2)C1. The van der Waals surface area contributed by atoms with Crippen LogP contribution in [0, 0.1) is 12.3 Å². The van der Waals surface area contributed by atoms with Gasteiger partial charge in [-0.3, -0.25) is 9.48 Å². The zero-order valence-corrected chi connectivity index (χ0v) is 18.9. The van der Waals surface area contributed by atoms with Crippen molar-refractivity contribution in [2.24, 2.45) is 5.41 Å². The Kier molecular flexibility index (Phi) is 4.57. The minimum absolute atomic E-state index is 0.128. The molecule has 1 amide bonds. The van der Waals surface area contributed by atoms with Crippen LogP contribution in [0.2, 0.25) is 5.02 Å². The summed E-state index contributed by atoms with van der Waals surface area (Å²) >= 11 is 6.20. The molecule has 3 heterocycles. The molecule has 2 aliphatic rings. The number of benzene rings is 1. The predicted octanol–water partition coefficient (Wildman–Crippen LogP) is 3.73. The van der Waals surface area contributed by atoms with E-state index in [0.29, 0.717) is 16.3 Å².